The minimum Gasteiger partial charge on any atom is -0.300 e. The molecule has 3 atom stereocenters. The Bertz CT molecular complexity index is 1140. The van der Waals surface area contributed by atoms with Gasteiger partial charge in [-0.2, -0.15) is 0 Å². The number of hydrogen-bond acceptors (Lipinski definition) is 3. The highest BCUT2D eigenvalue weighted by Gasteiger charge is 2.34. The second-order valence-corrected chi connectivity index (χ2v) is 11.7. The topological polar surface area (TPSA) is 51.2 Å². The SMILES string of the molecule is CCC.CCCC(CC1CC(=O)c2c(C)ccc(-c3ccc4c(c3)CCC4)c2C1)C(CC)C(=O)CC(C)=O. The molecular weight excluding hydrogens is 468 g/mol. The first-order chi connectivity index (χ1) is 18.2. The summed E-state index contributed by atoms with van der Waals surface area (Å²) < 4.78 is 0. The first-order valence-electron chi connectivity index (χ1n) is 15.0. The highest BCUT2D eigenvalue weighted by atomic mass is 16.1. The number of carbonyl (C=O) groups is 3. The Labute approximate surface area is 230 Å². The van der Waals surface area contributed by atoms with E-state index >= 15 is 0 Å². The van der Waals surface area contributed by atoms with Gasteiger partial charge < -0.3 is 0 Å². The molecule has 0 aliphatic heterocycles. The molecule has 3 nitrogen and oxygen atoms in total. The van der Waals surface area contributed by atoms with E-state index in [4.69, 9.17) is 0 Å². The summed E-state index contributed by atoms with van der Waals surface area (Å²) >= 11 is 0. The average Bonchev–Trinajstić information content (AvgIpc) is 3.32. The van der Waals surface area contributed by atoms with Gasteiger partial charge in [0.2, 0.25) is 0 Å². The van der Waals surface area contributed by atoms with Crippen molar-refractivity contribution in [3.05, 3.63) is 58.1 Å². The van der Waals surface area contributed by atoms with E-state index in [9.17, 15) is 14.4 Å². The van der Waals surface area contributed by atoms with Gasteiger partial charge in [-0.05, 0) is 97.6 Å². The van der Waals surface area contributed by atoms with Crippen LogP contribution in [0, 0.1) is 24.7 Å². The maximum absolute atomic E-state index is 13.4. The number of rotatable bonds is 10. The average molecular weight is 517 g/mol. The third-order valence-corrected chi connectivity index (χ3v) is 8.32. The second kappa shape index (κ2) is 14.0. The van der Waals surface area contributed by atoms with Crippen molar-refractivity contribution in [2.45, 2.75) is 112 Å². The molecule has 0 radical (unpaired) electrons. The highest BCUT2D eigenvalue weighted by Crippen LogP contribution is 2.40. The molecule has 0 amide bonds. The summed E-state index contributed by atoms with van der Waals surface area (Å²) in [5, 5.41) is 0. The van der Waals surface area contributed by atoms with Crippen LogP contribution >= 0.6 is 0 Å². The van der Waals surface area contributed by atoms with Crippen molar-refractivity contribution in [2.24, 2.45) is 17.8 Å². The molecule has 0 N–H and O–H groups in total. The molecule has 0 bridgehead atoms. The first kappa shape index (κ1) is 30.0. The van der Waals surface area contributed by atoms with Gasteiger partial charge in [0.25, 0.3) is 0 Å². The van der Waals surface area contributed by atoms with E-state index in [1.807, 2.05) is 0 Å². The van der Waals surface area contributed by atoms with Crippen LogP contribution in [0.2, 0.25) is 0 Å². The second-order valence-electron chi connectivity index (χ2n) is 11.7. The van der Waals surface area contributed by atoms with E-state index in [2.05, 4.69) is 65.0 Å². The van der Waals surface area contributed by atoms with E-state index < -0.39 is 0 Å². The zero-order valence-corrected chi connectivity index (χ0v) is 24.6. The Morgan fingerprint density at radius 2 is 1.68 bits per heavy atom. The van der Waals surface area contributed by atoms with E-state index in [0.717, 1.165) is 49.7 Å². The fourth-order valence-corrected chi connectivity index (χ4v) is 6.75. The lowest BCUT2D eigenvalue weighted by atomic mass is 9.71. The normalized spacial score (nSPS) is 17.6. The van der Waals surface area contributed by atoms with Crippen molar-refractivity contribution in [1.29, 1.82) is 0 Å². The molecule has 2 aromatic rings. The molecule has 206 valence electrons. The van der Waals surface area contributed by atoms with Crippen molar-refractivity contribution in [1.82, 2.24) is 0 Å². The molecule has 38 heavy (non-hydrogen) atoms. The molecule has 3 heteroatoms. The van der Waals surface area contributed by atoms with E-state index in [1.165, 1.54) is 54.0 Å². The van der Waals surface area contributed by atoms with Gasteiger partial charge in [-0.25, -0.2) is 0 Å². The van der Waals surface area contributed by atoms with Crippen molar-refractivity contribution in [2.75, 3.05) is 0 Å². The number of ketones is 3. The Hall–Kier alpha value is -2.55. The quantitative estimate of drug-likeness (QED) is 0.297. The van der Waals surface area contributed by atoms with Gasteiger partial charge in [0.05, 0.1) is 6.42 Å². The number of aryl methyl sites for hydroxylation is 3. The van der Waals surface area contributed by atoms with Crippen molar-refractivity contribution >= 4 is 17.3 Å². The number of benzene rings is 2. The molecule has 0 spiro atoms. The summed E-state index contributed by atoms with van der Waals surface area (Å²) in [6, 6.07) is 11.2. The lowest BCUT2D eigenvalue weighted by Gasteiger charge is -2.32. The zero-order valence-electron chi connectivity index (χ0n) is 24.6. The van der Waals surface area contributed by atoms with Gasteiger partial charge in [-0.15, -0.1) is 0 Å². The van der Waals surface area contributed by atoms with Crippen LogP contribution in [0.25, 0.3) is 11.1 Å². The van der Waals surface area contributed by atoms with Crippen LogP contribution in [0.1, 0.15) is 119 Å². The molecule has 3 unspecified atom stereocenters. The Balaban J connectivity index is 0.00000127. The van der Waals surface area contributed by atoms with Crippen LogP contribution in [0.5, 0.6) is 0 Å². The monoisotopic (exact) mass is 516 g/mol. The van der Waals surface area contributed by atoms with Crippen LogP contribution < -0.4 is 0 Å². The Morgan fingerprint density at radius 3 is 2.34 bits per heavy atom. The minimum absolute atomic E-state index is 0.0345. The maximum Gasteiger partial charge on any atom is 0.163 e. The van der Waals surface area contributed by atoms with E-state index in [0.29, 0.717) is 6.42 Å². The number of Topliss-reactive ketones (excluding diaryl/α,β-unsaturated/α-hetero) is 3. The van der Waals surface area contributed by atoms with Gasteiger partial charge in [0.15, 0.2) is 5.78 Å². The third kappa shape index (κ3) is 7.10. The number of fused-ring (bicyclic) bond motifs is 2. The number of hydrogen-bond donors (Lipinski definition) is 0. The summed E-state index contributed by atoms with van der Waals surface area (Å²) in [6.07, 6.45) is 9.86. The summed E-state index contributed by atoms with van der Waals surface area (Å²) in [4.78, 5) is 38.0. The van der Waals surface area contributed by atoms with Gasteiger partial charge in [-0.1, -0.05) is 77.3 Å². The van der Waals surface area contributed by atoms with E-state index in [1.54, 1.807) is 0 Å². The summed E-state index contributed by atoms with van der Waals surface area (Å²) in [5.41, 5.74) is 8.53. The Kier molecular flexibility index (Phi) is 11.1. The van der Waals surface area contributed by atoms with Gasteiger partial charge in [0.1, 0.15) is 11.6 Å². The van der Waals surface area contributed by atoms with Crippen LogP contribution in [-0.2, 0) is 28.9 Å². The predicted octanol–water partition coefficient (Wildman–Crippen LogP) is 8.69. The van der Waals surface area contributed by atoms with Gasteiger partial charge >= 0.3 is 0 Å². The van der Waals surface area contributed by atoms with Crippen LogP contribution in [0.3, 0.4) is 0 Å². The smallest absolute Gasteiger partial charge is 0.163 e. The maximum atomic E-state index is 13.4. The van der Waals surface area contributed by atoms with Gasteiger partial charge in [-0.3, -0.25) is 14.4 Å². The standard InChI is InChI=1S/C32H40O3.C3H8/c1-5-8-25(27(6-2)30(34)15-21(4)33)16-22-17-29-28(14-11-20(3)32(29)31(35)18-22)26-13-12-23-9-7-10-24(23)19-26;1-3-2/h11-14,19,22,25,27H,5-10,15-18H2,1-4H3;3H2,1-2H3. The van der Waals surface area contributed by atoms with Crippen LogP contribution in [0.4, 0.5) is 0 Å². The largest absolute Gasteiger partial charge is 0.300 e. The van der Waals surface area contributed by atoms with Gasteiger partial charge in [0, 0.05) is 17.9 Å². The molecule has 2 aromatic carbocycles. The molecular formula is C35H48O3. The van der Waals surface area contributed by atoms with Crippen molar-refractivity contribution in [3.8, 4) is 11.1 Å². The molecule has 0 saturated heterocycles. The molecule has 2 aliphatic carbocycles. The Morgan fingerprint density at radius 1 is 0.974 bits per heavy atom. The fraction of sp³-hybridized carbons (Fsp3) is 0.571. The number of carbonyl (C=O) groups excluding carboxylic acids is 3. The summed E-state index contributed by atoms with van der Waals surface area (Å²) in [7, 11) is 0. The molecule has 4 rings (SSSR count). The lowest BCUT2D eigenvalue weighted by Crippen LogP contribution is -2.30. The summed E-state index contributed by atoms with van der Waals surface area (Å²) in [6.45, 7) is 12.0. The molecule has 2 aliphatic rings. The predicted molar refractivity (Wildman–Crippen MR) is 158 cm³/mol. The third-order valence-electron chi connectivity index (χ3n) is 8.32. The molecule has 0 heterocycles. The minimum atomic E-state index is -0.0935. The zero-order chi connectivity index (χ0) is 27.8. The summed E-state index contributed by atoms with van der Waals surface area (Å²) in [5.74, 6) is 0.639. The van der Waals surface area contributed by atoms with Crippen molar-refractivity contribution < 1.29 is 14.4 Å². The fourth-order valence-electron chi connectivity index (χ4n) is 6.75. The molecule has 0 saturated carbocycles. The first-order valence-corrected chi connectivity index (χ1v) is 15.0. The van der Waals surface area contributed by atoms with E-state index in [-0.39, 0.29) is 41.5 Å². The van der Waals surface area contributed by atoms with Crippen molar-refractivity contribution in [3.63, 3.8) is 0 Å². The van der Waals surface area contributed by atoms with Crippen LogP contribution in [0.15, 0.2) is 30.3 Å². The highest BCUT2D eigenvalue weighted by molar-refractivity contribution is 6.02. The molecule has 0 aromatic heterocycles. The lowest BCUT2D eigenvalue weighted by molar-refractivity contribution is -0.129. The molecule has 0 fully saturated rings. The van der Waals surface area contributed by atoms with Crippen LogP contribution in [-0.4, -0.2) is 17.3 Å².